The molecule has 0 saturated carbocycles. The molecule has 0 N–H and O–H groups in total. The number of aliphatic imine (C=N–C) groups is 1. The van der Waals surface area contributed by atoms with Crippen LogP contribution in [-0.4, -0.2) is 47.8 Å². The third kappa shape index (κ3) is 3.44. The molecule has 1 aromatic rings. The van der Waals surface area contributed by atoms with E-state index < -0.39 is 0 Å². The van der Waals surface area contributed by atoms with Crippen LogP contribution in [-0.2, 0) is 9.59 Å². The van der Waals surface area contributed by atoms with Crippen molar-refractivity contribution in [3.63, 3.8) is 0 Å². The molecular weight excluding hydrogens is 286 g/mol. The number of aryl methyl sites for hydroxylation is 1. The molecule has 1 aromatic carbocycles. The fourth-order valence-electron chi connectivity index (χ4n) is 1.99. The molecule has 0 saturated heterocycles. The van der Waals surface area contributed by atoms with Crippen LogP contribution in [0.25, 0.3) is 0 Å². The van der Waals surface area contributed by atoms with Crippen LogP contribution in [0.4, 0.5) is 5.69 Å². The molecule has 1 atom stereocenters. The second kappa shape index (κ2) is 6.30. The zero-order valence-electron chi connectivity index (χ0n) is 12.7. The van der Waals surface area contributed by atoms with E-state index in [1.807, 2.05) is 38.1 Å². The molecule has 2 amide bonds. The Kier molecular flexibility index (Phi) is 4.67. The van der Waals surface area contributed by atoms with E-state index in [0.717, 1.165) is 11.3 Å². The third-order valence-electron chi connectivity index (χ3n) is 3.15. The molecule has 1 aliphatic heterocycles. The van der Waals surface area contributed by atoms with Crippen molar-refractivity contribution in [1.29, 1.82) is 0 Å². The van der Waals surface area contributed by atoms with Crippen molar-refractivity contribution in [3.8, 4) is 0 Å². The number of carbonyl (C=O) groups excluding carboxylic acids is 2. The summed E-state index contributed by atoms with van der Waals surface area (Å²) >= 11 is 1.32. The van der Waals surface area contributed by atoms with Gasteiger partial charge >= 0.3 is 0 Å². The summed E-state index contributed by atoms with van der Waals surface area (Å²) in [6.07, 6.45) is 0. The molecule has 21 heavy (non-hydrogen) atoms. The number of nitrogens with zero attached hydrogens (tertiary/aromatic N) is 3. The average Bonchev–Trinajstić information content (AvgIpc) is 2.80. The van der Waals surface area contributed by atoms with Gasteiger partial charge in [0.15, 0.2) is 5.17 Å². The fourth-order valence-corrected chi connectivity index (χ4v) is 3.07. The minimum Gasteiger partial charge on any atom is -0.348 e. The maximum atomic E-state index is 12.1. The molecule has 5 nitrogen and oxygen atoms in total. The van der Waals surface area contributed by atoms with Gasteiger partial charge in [-0.25, -0.2) is 0 Å². The number of rotatable bonds is 3. The highest BCUT2D eigenvalue weighted by Crippen LogP contribution is 2.26. The van der Waals surface area contributed by atoms with E-state index in [-0.39, 0.29) is 23.6 Å². The smallest absolute Gasteiger partial charge is 0.254 e. The van der Waals surface area contributed by atoms with Gasteiger partial charge in [0.05, 0.1) is 10.9 Å². The second-order valence-corrected chi connectivity index (χ2v) is 6.46. The lowest BCUT2D eigenvalue weighted by molar-refractivity contribution is -0.127. The van der Waals surface area contributed by atoms with Crippen LogP contribution >= 0.6 is 11.8 Å². The number of hydrogen-bond acceptors (Lipinski definition) is 4. The Morgan fingerprint density at radius 1 is 1.33 bits per heavy atom. The van der Waals surface area contributed by atoms with Gasteiger partial charge in [0.2, 0.25) is 5.91 Å². The quantitative estimate of drug-likeness (QED) is 0.857. The maximum absolute atomic E-state index is 12.1. The van der Waals surface area contributed by atoms with Gasteiger partial charge in [-0.15, -0.1) is 0 Å². The Hall–Kier alpha value is -1.82. The lowest BCUT2D eigenvalue weighted by Gasteiger charge is -2.21. The van der Waals surface area contributed by atoms with Crippen molar-refractivity contribution in [1.82, 2.24) is 4.90 Å². The summed E-state index contributed by atoms with van der Waals surface area (Å²) in [5.74, 6) is -0.0586. The van der Waals surface area contributed by atoms with Crippen LogP contribution < -0.4 is 4.90 Å². The number of carbonyl (C=O) groups is 2. The Bertz CT molecular complexity index is 581. The molecule has 2 rings (SSSR count). The van der Waals surface area contributed by atoms with Crippen molar-refractivity contribution in [2.45, 2.75) is 19.1 Å². The monoisotopic (exact) mass is 305 g/mol. The molecule has 1 heterocycles. The Balaban J connectivity index is 2.17. The average molecular weight is 305 g/mol. The molecule has 0 radical (unpaired) electrons. The summed E-state index contributed by atoms with van der Waals surface area (Å²) in [5, 5.41) is 0.309. The van der Waals surface area contributed by atoms with Crippen LogP contribution in [0.1, 0.15) is 12.5 Å². The van der Waals surface area contributed by atoms with E-state index in [1.54, 1.807) is 23.9 Å². The second-order valence-electron chi connectivity index (χ2n) is 5.16. The lowest BCUT2D eigenvalue weighted by atomic mass is 10.2. The largest absolute Gasteiger partial charge is 0.348 e. The number of amides is 2. The van der Waals surface area contributed by atoms with E-state index in [1.165, 1.54) is 11.8 Å². The van der Waals surface area contributed by atoms with Crippen molar-refractivity contribution >= 4 is 34.4 Å². The molecule has 0 unspecified atom stereocenters. The molecule has 0 aliphatic carbocycles. The van der Waals surface area contributed by atoms with Gasteiger partial charge in [0.1, 0.15) is 6.54 Å². The van der Waals surface area contributed by atoms with E-state index in [2.05, 4.69) is 4.99 Å². The third-order valence-corrected chi connectivity index (χ3v) is 4.23. The maximum Gasteiger partial charge on any atom is 0.254 e. The molecule has 0 fully saturated rings. The Morgan fingerprint density at radius 2 is 1.95 bits per heavy atom. The van der Waals surface area contributed by atoms with E-state index in [0.29, 0.717) is 5.17 Å². The minimum absolute atomic E-state index is 0.00547. The zero-order valence-corrected chi connectivity index (χ0v) is 13.5. The van der Waals surface area contributed by atoms with Crippen LogP contribution in [0.15, 0.2) is 29.3 Å². The van der Waals surface area contributed by atoms with Crippen molar-refractivity contribution < 1.29 is 9.59 Å². The van der Waals surface area contributed by atoms with E-state index >= 15 is 0 Å². The van der Waals surface area contributed by atoms with Crippen molar-refractivity contribution in [3.05, 3.63) is 29.8 Å². The summed E-state index contributed by atoms with van der Waals surface area (Å²) in [4.78, 5) is 31.4. The first-order valence-electron chi connectivity index (χ1n) is 6.72. The highest BCUT2D eigenvalue weighted by Gasteiger charge is 2.30. The standard InChI is InChI=1S/C15H19N3O2S/c1-10-5-7-12(8-6-10)18-13(19)9-16-15(18)21-11(2)14(20)17(3)4/h5-8,11H,9H2,1-4H3/t11-/m1/s1. The van der Waals surface area contributed by atoms with Crippen molar-refractivity contribution in [2.75, 3.05) is 25.5 Å². The van der Waals surface area contributed by atoms with Gasteiger partial charge in [-0.3, -0.25) is 19.5 Å². The predicted molar refractivity (Wildman–Crippen MR) is 86.7 cm³/mol. The normalized spacial score (nSPS) is 15.9. The van der Waals surface area contributed by atoms with Crippen LogP contribution in [0, 0.1) is 6.92 Å². The Labute approximate surface area is 129 Å². The SMILES string of the molecule is Cc1ccc(N2C(=O)CN=C2S[C@H](C)C(=O)N(C)C)cc1. The van der Waals surface area contributed by atoms with Gasteiger partial charge in [-0.1, -0.05) is 29.5 Å². The molecular formula is C15H19N3O2S. The summed E-state index contributed by atoms with van der Waals surface area (Å²) in [5.41, 5.74) is 1.92. The first kappa shape index (κ1) is 15.6. The van der Waals surface area contributed by atoms with Gasteiger partial charge in [-0.05, 0) is 26.0 Å². The van der Waals surface area contributed by atoms with Gasteiger partial charge < -0.3 is 4.90 Å². The fraction of sp³-hybridized carbons (Fsp3) is 0.400. The van der Waals surface area contributed by atoms with E-state index in [9.17, 15) is 9.59 Å². The zero-order chi connectivity index (χ0) is 15.6. The number of benzene rings is 1. The predicted octanol–water partition coefficient (Wildman–Crippen LogP) is 1.91. The molecule has 6 heteroatoms. The first-order chi connectivity index (χ1) is 9.90. The topological polar surface area (TPSA) is 53.0 Å². The number of anilines is 1. The number of hydrogen-bond donors (Lipinski definition) is 0. The minimum atomic E-state index is -0.280. The number of amidine groups is 1. The molecule has 0 bridgehead atoms. The highest BCUT2D eigenvalue weighted by atomic mass is 32.2. The summed E-state index contributed by atoms with van der Waals surface area (Å²) in [7, 11) is 3.44. The summed E-state index contributed by atoms with van der Waals surface area (Å²) < 4.78 is 0. The Morgan fingerprint density at radius 3 is 2.52 bits per heavy atom. The molecule has 0 spiro atoms. The first-order valence-corrected chi connectivity index (χ1v) is 7.60. The van der Waals surface area contributed by atoms with Gasteiger partial charge in [0.25, 0.3) is 5.91 Å². The van der Waals surface area contributed by atoms with E-state index in [4.69, 9.17) is 0 Å². The lowest BCUT2D eigenvalue weighted by Crippen LogP contribution is -2.35. The molecule has 112 valence electrons. The van der Waals surface area contributed by atoms with Crippen LogP contribution in [0.3, 0.4) is 0 Å². The van der Waals surface area contributed by atoms with Gasteiger partial charge in [-0.2, -0.15) is 0 Å². The van der Waals surface area contributed by atoms with Crippen LogP contribution in [0.2, 0.25) is 0 Å². The van der Waals surface area contributed by atoms with Crippen LogP contribution in [0.5, 0.6) is 0 Å². The number of thioether (sulfide) groups is 1. The van der Waals surface area contributed by atoms with Gasteiger partial charge in [0, 0.05) is 14.1 Å². The summed E-state index contributed by atoms with van der Waals surface area (Å²) in [6.45, 7) is 3.96. The highest BCUT2D eigenvalue weighted by molar-refractivity contribution is 8.15. The molecule has 1 aliphatic rings. The van der Waals surface area contributed by atoms with Crippen molar-refractivity contribution in [2.24, 2.45) is 4.99 Å². The summed E-state index contributed by atoms with van der Waals surface area (Å²) in [6, 6.07) is 7.70. The molecule has 0 aromatic heterocycles.